The van der Waals surface area contributed by atoms with E-state index in [9.17, 15) is 5.11 Å². The van der Waals surface area contributed by atoms with Crippen molar-refractivity contribution in [3.8, 4) is 5.75 Å². The van der Waals surface area contributed by atoms with Crippen LogP contribution < -0.4 is 4.74 Å². The smallest absolute Gasteiger partial charge is 0.137 e. The molecule has 2 heterocycles. The fourth-order valence-electron chi connectivity index (χ4n) is 1.56. The van der Waals surface area contributed by atoms with Crippen molar-refractivity contribution < 1.29 is 9.84 Å². The molecule has 0 bridgehead atoms. The Bertz CT molecular complexity index is 513. The molecule has 0 fully saturated rings. The van der Waals surface area contributed by atoms with Gasteiger partial charge in [-0.2, -0.15) is 0 Å². The minimum atomic E-state index is -0.743. The van der Waals surface area contributed by atoms with Crippen molar-refractivity contribution in [1.82, 2.24) is 9.97 Å². The maximum absolute atomic E-state index is 10.2. The highest BCUT2D eigenvalue weighted by Gasteiger charge is 2.14. The molecule has 0 radical (unpaired) electrons. The Kier molecular flexibility index (Phi) is 4.28. The van der Waals surface area contributed by atoms with Crippen molar-refractivity contribution >= 4 is 11.3 Å². The number of rotatable bonds is 5. The molecule has 0 aromatic carbocycles. The van der Waals surface area contributed by atoms with E-state index in [0.29, 0.717) is 23.6 Å². The Labute approximate surface area is 110 Å². The molecule has 2 rings (SSSR count). The zero-order valence-corrected chi connectivity index (χ0v) is 11.3. The summed E-state index contributed by atoms with van der Waals surface area (Å²) in [5, 5.41) is 13.0. The van der Waals surface area contributed by atoms with Gasteiger partial charge in [0.15, 0.2) is 0 Å². The molecule has 2 aromatic heterocycles. The number of aliphatic hydroxyl groups is 1. The summed E-state index contributed by atoms with van der Waals surface area (Å²) in [6.45, 7) is 4.61. The van der Waals surface area contributed by atoms with Crippen LogP contribution in [0.1, 0.15) is 35.7 Å². The number of hydrogen-bond donors (Lipinski definition) is 1. The van der Waals surface area contributed by atoms with E-state index in [2.05, 4.69) is 9.97 Å². The zero-order valence-electron chi connectivity index (χ0n) is 10.5. The highest BCUT2D eigenvalue weighted by Crippen LogP contribution is 2.25. The van der Waals surface area contributed by atoms with E-state index in [4.69, 9.17) is 4.74 Å². The second-order valence-electron chi connectivity index (χ2n) is 4.00. The van der Waals surface area contributed by atoms with Crippen LogP contribution >= 0.6 is 11.3 Å². The Balaban J connectivity index is 2.17. The molecule has 0 amide bonds. The molecule has 1 atom stereocenters. The Morgan fingerprint density at radius 3 is 2.94 bits per heavy atom. The van der Waals surface area contributed by atoms with Gasteiger partial charge in [0.25, 0.3) is 0 Å². The van der Waals surface area contributed by atoms with Crippen LogP contribution in [0.5, 0.6) is 5.75 Å². The minimum absolute atomic E-state index is 0.650. The van der Waals surface area contributed by atoms with Crippen LogP contribution in [0.15, 0.2) is 23.8 Å². The SMILES string of the molecule is CCCOc1cncc(C(O)c2csc(C)n2)c1. The first-order valence-electron chi connectivity index (χ1n) is 5.88. The van der Waals surface area contributed by atoms with Gasteiger partial charge in [-0.05, 0) is 19.4 Å². The van der Waals surface area contributed by atoms with Gasteiger partial charge in [-0.15, -0.1) is 11.3 Å². The van der Waals surface area contributed by atoms with Crippen molar-refractivity contribution in [2.75, 3.05) is 6.61 Å². The largest absolute Gasteiger partial charge is 0.492 e. The van der Waals surface area contributed by atoms with Gasteiger partial charge in [0.2, 0.25) is 0 Å². The average Bonchev–Trinajstić information content (AvgIpc) is 2.82. The van der Waals surface area contributed by atoms with Gasteiger partial charge in [-0.25, -0.2) is 4.98 Å². The van der Waals surface area contributed by atoms with Gasteiger partial charge < -0.3 is 9.84 Å². The summed E-state index contributed by atoms with van der Waals surface area (Å²) in [6.07, 6.45) is 3.49. The first-order valence-corrected chi connectivity index (χ1v) is 6.76. The molecule has 18 heavy (non-hydrogen) atoms. The molecule has 96 valence electrons. The molecular weight excluding hydrogens is 248 g/mol. The fraction of sp³-hybridized carbons (Fsp3) is 0.385. The van der Waals surface area contributed by atoms with E-state index >= 15 is 0 Å². The number of hydrogen-bond acceptors (Lipinski definition) is 5. The summed E-state index contributed by atoms with van der Waals surface area (Å²) in [7, 11) is 0. The van der Waals surface area contributed by atoms with Gasteiger partial charge in [-0.1, -0.05) is 6.92 Å². The number of aromatic nitrogens is 2. The number of pyridine rings is 1. The van der Waals surface area contributed by atoms with E-state index in [-0.39, 0.29) is 0 Å². The third kappa shape index (κ3) is 3.05. The van der Waals surface area contributed by atoms with Crippen LogP contribution in [0.3, 0.4) is 0 Å². The average molecular weight is 264 g/mol. The highest BCUT2D eigenvalue weighted by atomic mass is 32.1. The molecule has 1 N–H and O–H groups in total. The lowest BCUT2D eigenvalue weighted by molar-refractivity contribution is 0.214. The zero-order chi connectivity index (χ0) is 13.0. The predicted molar refractivity (Wildman–Crippen MR) is 70.9 cm³/mol. The van der Waals surface area contributed by atoms with Crippen molar-refractivity contribution in [1.29, 1.82) is 0 Å². The van der Waals surface area contributed by atoms with E-state index in [1.54, 1.807) is 12.4 Å². The molecule has 1 unspecified atom stereocenters. The molecule has 0 aliphatic rings. The lowest BCUT2D eigenvalue weighted by Gasteiger charge is -2.10. The van der Waals surface area contributed by atoms with E-state index in [0.717, 1.165) is 11.4 Å². The third-order valence-electron chi connectivity index (χ3n) is 2.44. The Hall–Kier alpha value is -1.46. The lowest BCUT2D eigenvalue weighted by atomic mass is 10.1. The molecule has 4 nitrogen and oxygen atoms in total. The second-order valence-corrected chi connectivity index (χ2v) is 5.06. The van der Waals surface area contributed by atoms with Crippen LogP contribution in [0.4, 0.5) is 0 Å². The van der Waals surface area contributed by atoms with Crippen molar-refractivity contribution in [3.05, 3.63) is 40.1 Å². The Morgan fingerprint density at radius 2 is 2.28 bits per heavy atom. The lowest BCUT2D eigenvalue weighted by Crippen LogP contribution is -2.02. The molecule has 5 heteroatoms. The summed E-state index contributed by atoms with van der Waals surface area (Å²) in [6, 6.07) is 1.81. The van der Waals surface area contributed by atoms with Gasteiger partial charge in [-0.3, -0.25) is 4.98 Å². The van der Waals surface area contributed by atoms with Gasteiger partial charge in [0.1, 0.15) is 11.9 Å². The number of aryl methyl sites for hydroxylation is 1. The number of ether oxygens (including phenoxy) is 1. The van der Waals surface area contributed by atoms with Crippen LogP contribution in [-0.2, 0) is 0 Å². The van der Waals surface area contributed by atoms with Crippen molar-refractivity contribution in [2.24, 2.45) is 0 Å². The maximum atomic E-state index is 10.2. The topological polar surface area (TPSA) is 55.2 Å². The van der Waals surface area contributed by atoms with Crippen LogP contribution in [0.25, 0.3) is 0 Å². The molecule has 0 spiro atoms. The highest BCUT2D eigenvalue weighted by molar-refractivity contribution is 7.09. The summed E-state index contributed by atoms with van der Waals surface area (Å²) < 4.78 is 5.50. The third-order valence-corrected chi connectivity index (χ3v) is 3.23. The van der Waals surface area contributed by atoms with Crippen LogP contribution in [-0.4, -0.2) is 21.7 Å². The van der Waals surface area contributed by atoms with Gasteiger partial charge >= 0.3 is 0 Å². The van der Waals surface area contributed by atoms with Gasteiger partial charge in [0, 0.05) is 17.1 Å². The molecule has 0 aliphatic carbocycles. The van der Waals surface area contributed by atoms with Crippen molar-refractivity contribution in [3.63, 3.8) is 0 Å². The normalized spacial score (nSPS) is 12.4. The summed E-state index contributed by atoms with van der Waals surface area (Å²) >= 11 is 1.52. The monoisotopic (exact) mass is 264 g/mol. The van der Waals surface area contributed by atoms with Crippen molar-refractivity contribution in [2.45, 2.75) is 26.4 Å². The predicted octanol–water partition coefficient (Wildman–Crippen LogP) is 2.72. The molecule has 0 aliphatic heterocycles. The number of nitrogens with zero attached hydrogens (tertiary/aromatic N) is 2. The molecule has 0 saturated heterocycles. The quantitative estimate of drug-likeness (QED) is 0.902. The van der Waals surface area contributed by atoms with Crippen LogP contribution in [0.2, 0.25) is 0 Å². The van der Waals surface area contributed by atoms with Crippen LogP contribution in [0, 0.1) is 6.92 Å². The van der Waals surface area contributed by atoms with E-state index < -0.39 is 6.10 Å². The minimum Gasteiger partial charge on any atom is -0.492 e. The van der Waals surface area contributed by atoms with E-state index in [1.165, 1.54) is 11.3 Å². The fourth-order valence-corrected chi connectivity index (χ4v) is 2.19. The molecule has 2 aromatic rings. The first kappa shape index (κ1) is 13.0. The summed E-state index contributed by atoms with van der Waals surface area (Å²) in [4.78, 5) is 8.36. The molecular formula is C13H16N2O2S. The number of aliphatic hydroxyl groups excluding tert-OH is 1. The summed E-state index contributed by atoms with van der Waals surface area (Å²) in [5.41, 5.74) is 1.36. The maximum Gasteiger partial charge on any atom is 0.137 e. The Morgan fingerprint density at radius 1 is 1.44 bits per heavy atom. The number of thiazole rings is 1. The molecule has 0 saturated carbocycles. The summed E-state index contributed by atoms with van der Waals surface area (Å²) in [5.74, 6) is 0.681. The second kappa shape index (κ2) is 5.93. The van der Waals surface area contributed by atoms with Gasteiger partial charge in [0.05, 0.1) is 23.5 Å². The first-order chi connectivity index (χ1) is 8.70. The van der Waals surface area contributed by atoms with E-state index in [1.807, 2.05) is 25.3 Å². The standard InChI is InChI=1S/C13H16N2O2S/c1-3-4-17-11-5-10(6-14-7-11)13(16)12-8-18-9(2)15-12/h5-8,13,16H,3-4H2,1-2H3.